The molecule has 0 saturated heterocycles. The van der Waals surface area contributed by atoms with E-state index in [1.165, 1.54) is 25.3 Å². The summed E-state index contributed by atoms with van der Waals surface area (Å²) in [4.78, 5) is 68.7. The van der Waals surface area contributed by atoms with Gasteiger partial charge in [-0.15, -0.1) is 0 Å². The van der Waals surface area contributed by atoms with Gasteiger partial charge in [-0.2, -0.15) is 0 Å². The molecule has 4 atom stereocenters. The maximum atomic E-state index is 12.3. The number of aromatic nitrogens is 8. The molecule has 298 valence electrons. The Labute approximate surface area is 307 Å². The first-order valence-electron chi connectivity index (χ1n) is 16.2. The Bertz CT molecular complexity index is 1820. The van der Waals surface area contributed by atoms with E-state index >= 15 is 0 Å². The molecule has 0 aliphatic carbocycles. The van der Waals surface area contributed by atoms with Crippen LogP contribution in [0.2, 0.25) is 0 Å². The third-order valence-corrected chi connectivity index (χ3v) is 8.55. The van der Waals surface area contributed by atoms with Crippen LogP contribution in [0, 0.1) is 0 Å². The highest BCUT2D eigenvalue weighted by atomic mass is 31.2. The Morgan fingerprint density at radius 1 is 0.667 bits per heavy atom. The second-order valence-electron chi connectivity index (χ2n) is 11.9. The summed E-state index contributed by atoms with van der Waals surface area (Å²) >= 11 is 0. The normalized spacial score (nSPS) is 15.1. The molecule has 0 spiro atoms. The maximum absolute atomic E-state index is 12.3. The molecular weight excluding hydrogens is 762 g/mol. The molecule has 24 nitrogen and oxygen atoms in total. The summed E-state index contributed by atoms with van der Waals surface area (Å²) in [6.45, 7) is 8.62. The molecule has 4 rings (SSSR count). The number of nitrogens with zero attached hydrogens (tertiary/aromatic N) is 8. The first-order valence-corrected chi connectivity index (χ1v) is 19.7. The van der Waals surface area contributed by atoms with Crippen LogP contribution in [-0.4, -0.2) is 112 Å². The zero-order chi connectivity index (χ0) is 39.5. The second-order valence-corrected chi connectivity index (χ2v) is 15.5. The van der Waals surface area contributed by atoms with Gasteiger partial charge in [0.25, 0.3) is 0 Å². The van der Waals surface area contributed by atoms with Gasteiger partial charge in [0.2, 0.25) is 13.6 Å². The molecule has 4 aromatic rings. The molecule has 2 unspecified atom stereocenters. The van der Waals surface area contributed by atoms with E-state index in [0.717, 1.165) is 0 Å². The van der Waals surface area contributed by atoms with Gasteiger partial charge in [-0.05, 0) is 41.5 Å². The number of imidazole rings is 2. The third-order valence-electron chi connectivity index (χ3n) is 6.58. The van der Waals surface area contributed by atoms with Crippen LogP contribution in [0.5, 0.6) is 0 Å². The van der Waals surface area contributed by atoms with E-state index in [4.69, 9.17) is 28.0 Å². The highest BCUT2D eigenvalue weighted by Gasteiger charge is 2.25. The quantitative estimate of drug-likeness (QED) is 0.0405. The molecule has 0 aliphatic rings. The lowest BCUT2D eigenvalue weighted by Gasteiger charge is -2.17. The van der Waals surface area contributed by atoms with Crippen molar-refractivity contribution in [3.63, 3.8) is 0 Å². The minimum Gasteiger partial charge on any atom is -0.432 e. The Kier molecular flexibility index (Phi) is 15.0. The topological polar surface area (TPSA) is 294 Å². The largest absolute Gasteiger partial charge is 0.510 e. The Balaban J connectivity index is 1.29. The fourth-order valence-electron chi connectivity index (χ4n) is 4.27. The SMILES string of the molecule is CC(C)OC(=O)OCOP(=O)(O)CO[C@H](C)Cn1cnc2c(NNc3ncnc4c3ncn4C[C@H](C)OCP(=O)(O)OCOC(=O)OC(C)C)ncnc21. The van der Waals surface area contributed by atoms with Gasteiger partial charge < -0.3 is 47.3 Å². The van der Waals surface area contributed by atoms with Crippen molar-refractivity contribution in [2.75, 3.05) is 37.1 Å². The summed E-state index contributed by atoms with van der Waals surface area (Å²) in [7, 11) is -8.50. The number of nitrogens with one attached hydrogen (secondary N) is 2. The smallest absolute Gasteiger partial charge is 0.432 e. The molecule has 0 aromatic carbocycles. The molecule has 26 heteroatoms. The van der Waals surface area contributed by atoms with Crippen LogP contribution in [0.3, 0.4) is 0 Å². The molecule has 0 amide bonds. The summed E-state index contributed by atoms with van der Waals surface area (Å²) < 4.78 is 67.1. The number of hydrogen-bond acceptors (Lipinski definition) is 20. The van der Waals surface area contributed by atoms with E-state index in [-0.39, 0.29) is 13.1 Å². The van der Waals surface area contributed by atoms with Crippen LogP contribution in [0.25, 0.3) is 22.3 Å². The van der Waals surface area contributed by atoms with Crippen LogP contribution in [-0.2, 0) is 59.7 Å². The van der Waals surface area contributed by atoms with Gasteiger partial charge in [0.15, 0.2) is 34.0 Å². The van der Waals surface area contributed by atoms with Crippen molar-refractivity contribution in [2.45, 2.75) is 79.0 Å². The van der Waals surface area contributed by atoms with Crippen molar-refractivity contribution < 1.29 is 66.0 Å². The van der Waals surface area contributed by atoms with Crippen LogP contribution in [0.1, 0.15) is 41.5 Å². The van der Waals surface area contributed by atoms with Crippen LogP contribution >= 0.6 is 15.2 Å². The first kappa shape index (κ1) is 42.2. The van der Waals surface area contributed by atoms with E-state index in [2.05, 4.69) is 50.2 Å². The molecular formula is C28H42N10O14P2. The Morgan fingerprint density at radius 3 is 1.43 bits per heavy atom. The van der Waals surface area contributed by atoms with E-state index < -0.39 is 78.2 Å². The van der Waals surface area contributed by atoms with Gasteiger partial charge in [-0.3, -0.25) is 29.0 Å². The summed E-state index contributed by atoms with van der Waals surface area (Å²) in [6, 6.07) is 0. The minimum atomic E-state index is -4.25. The fourth-order valence-corrected chi connectivity index (χ4v) is 5.74. The summed E-state index contributed by atoms with van der Waals surface area (Å²) in [5, 5.41) is 0. The molecule has 0 saturated carbocycles. The van der Waals surface area contributed by atoms with Gasteiger partial charge in [-0.25, -0.2) is 39.5 Å². The number of hydrogen-bond donors (Lipinski definition) is 4. The first-order chi connectivity index (χ1) is 25.5. The lowest BCUT2D eigenvalue weighted by Crippen LogP contribution is -2.19. The van der Waals surface area contributed by atoms with Crippen LogP contribution in [0.15, 0.2) is 25.3 Å². The van der Waals surface area contributed by atoms with E-state index in [1.54, 1.807) is 50.7 Å². The van der Waals surface area contributed by atoms with Crippen molar-refractivity contribution in [1.29, 1.82) is 0 Å². The number of carbonyl (C=O) groups is 2. The van der Waals surface area contributed by atoms with E-state index in [0.29, 0.717) is 34.0 Å². The van der Waals surface area contributed by atoms with Crippen molar-refractivity contribution >= 4 is 61.5 Å². The number of ether oxygens (including phenoxy) is 6. The number of anilines is 2. The maximum Gasteiger partial charge on any atom is 0.510 e. The molecule has 0 fully saturated rings. The number of hydrazine groups is 1. The Hall–Kier alpha value is -4.54. The number of rotatable bonds is 21. The average molecular weight is 805 g/mol. The van der Waals surface area contributed by atoms with E-state index in [9.17, 15) is 28.5 Å². The van der Waals surface area contributed by atoms with Crippen molar-refractivity contribution in [3.05, 3.63) is 25.3 Å². The number of fused-ring (bicyclic) bond motifs is 2. The van der Waals surface area contributed by atoms with Gasteiger partial charge in [0, 0.05) is 0 Å². The lowest BCUT2D eigenvalue weighted by atomic mass is 10.4. The zero-order valence-electron chi connectivity index (χ0n) is 30.1. The molecule has 0 radical (unpaired) electrons. The fraction of sp³-hybridized carbons (Fsp3) is 0.571. The summed E-state index contributed by atoms with van der Waals surface area (Å²) in [6.07, 6.45) is 0.180. The molecule has 4 N–H and O–H groups in total. The average Bonchev–Trinajstić information content (AvgIpc) is 3.69. The molecule has 54 heavy (non-hydrogen) atoms. The molecule has 4 aromatic heterocycles. The van der Waals surface area contributed by atoms with Crippen molar-refractivity contribution in [1.82, 2.24) is 39.0 Å². The van der Waals surface area contributed by atoms with Gasteiger partial charge in [0.05, 0.1) is 50.2 Å². The Morgan fingerprint density at radius 2 is 1.06 bits per heavy atom. The summed E-state index contributed by atoms with van der Waals surface area (Å²) in [5.74, 6) is 0.588. The zero-order valence-corrected chi connectivity index (χ0v) is 31.9. The van der Waals surface area contributed by atoms with Crippen molar-refractivity contribution in [2.24, 2.45) is 0 Å². The van der Waals surface area contributed by atoms with Crippen molar-refractivity contribution in [3.8, 4) is 0 Å². The van der Waals surface area contributed by atoms with Crippen LogP contribution < -0.4 is 10.9 Å². The molecule has 0 aliphatic heterocycles. The standard InChI is InChI=1S/C28H42N10O14P2/c1-17(2)51-27(39)45-13-49-53(41,42)15-47-19(5)7-37-11-33-21-23(29-9-31-25(21)37)35-36-24-22-26(32-10-30-24)38(12-34-22)8-20(6)48-16-54(43,44)50-14-46-28(40)52-18(3)4/h9-12,17-20H,7-8,13-16H2,1-6H3,(H,41,42)(H,43,44)(H,29,31,35)(H,30,32,36)/t19-,20+. The predicted octanol–water partition coefficient (Wildman–Crippen LogP) is 3.57. The molecule has 0 bridgehead atoms. The highest BCUT2D eigenvalue weighted by Crippen LogP contribution is 2.42. The van der Waals surface area contributed by atoms with Gasteiger partial charge in [-0.1, -0.05) is 0 Å². The lowest BCUT2D eigenvalue weighted by molar-refractivity contribution is -0.0165. The van der Waals surface area contributed by atoms with Gasteiger partial charge in [0.1, 0.15) is 25.4 Å². The van der Waals surface area contributed by atoms with E-state index in [1.807, 2.05) is 0 Å². The monoisotopic (exact) mass is 804 g/mol. The van der Waals surface area contributed by atoms with Crippen LogP contribution in [0.4, 0.5) is 21.2 Å². The van der Waals surface area contributed by atoms with Gasteiger partial charge >= 0.3 is 27.5 Å². The second kappa shape index (κ2) is 19.2. The predicted molar refractivity (Wildman–Crippen MR) is 186 cm³/mol. The number of carbonyl (C=O) groups excluding carboxylic acids is 2. The highest BCUT2D eigenvalue weighted by molar-refractivity contribution is 7.52. The third kappa shape index (κ3) is 13.1. The molecule has 4 heterocycles. The minimum absolute atomic E-state index is 0.190. The summed E-state index contributed by atoms with van der Waals surface area (Å²) in [5.41, 5.74) is 7.52.